The van der Waals surface area contributed by atoms with E-state index in [0.717, 1.165) is 16.5 Å². The molecule has 4 nitrogen and oxygen atoms in total. The van der Waals surface area contributed by atoms with Gasteiger partial charge in [-0.1, -0.05) is 18.2 Å². The molecule has 16 heavy (non-hydrogen) atoms. The zero-order valence-corrected chi connectivity index (χ0v) is 8.80. The van der Waals surface area contributed by atoms with E-state index >= 15 is 0 Å². The molecule has 0 amide bonds. The van der Waals surface area contributed by atoms with Gasteiger partial charge in [0.1, 0.15) is 0 Å². The third-order valence-electron chi connectivity index (χ3n) is 2.44. The molecule has 0 saturated carbocycles. The van der Waals surface area contributed by atoms with E-state index in [-0.39, 0.29) is 6.42 Å². The molecule has 2 rings (SSSR count). The van der Waals surface area contributed by atoms with E-state index in [1.807, 2.05) is 24.3 Å². The summed E-state index contributed by atoms with van der Waals surface area (Å²) in [5, 5.41) is 9.62. The summed E-state index contributed by atoms with van der Waals surface area (Å²) in [6.45, 7) is 0. The van der Waals surface area contributed by atoms with E-state index in [1.54, 1.807) is 6.20 Å². The van der Waals surface area contributed by atoms with Crippen LogP contribution in [0.2, 0.25) is 0 Å². The highest BCUT2D eigenvalue weighted by Gasteiger charge is 2.12. The highest BCUT2D eigenvalue weighted by Crippen LogP contribution is 2.21. The lowest BCUT2D eigenvalue weighted by atomic mass is 10.1. The van der Waals surface area contributed by atoms with Crippen LogP contribution in [0.25, 0.3) is 10.9 Å². The number of hydrogen-bond acceptors (Lipinski definition) is 3. The lowest BCUT2D eigenvalue weighted by Gasteiger charge is -2.00. The molecule has 0 bridgehead atoms. The molecule has 0 radical (unpaired) electrons. The van der Waals surface area contributed by atoms with Crippen LogP contribution in [-0.4, -0.2) is 17.8 Å². The van der Waals surface area contributed by atoms with Gasteiger partial charge in [-0.2, -0.15) is 5.26 Å². The summed E-state index contributed by atoms with van der Waals surface area (Å²) in [5.41, 5.74) is 1.60. The van der Waals surface area contributed by atoms with Gasteiger partial charge in [0, 0.05) is 11.6 Å². The van der Waals surface area contributed by atoms with Crippen molar-refractivity contribution in [3.63, 3.8) is 0 Å². The second-order valence-electron chi connectivity index (χ2n) is 3.35. The first-order chi connectivity index (χ1) is 7.77. The second kappa shape index (κ2) is 4.07. The molecule has 1 heterocycles. The summed E-state index contributed by atoms with van der Waals surface area (Å²) in [4.78, 5) is 11.5. The third-order valence-corrected chi connectivity index (χ3v) is 2.44. The van der Waals surface area contributed by atoms with Gasteiger partial charge >= 0.3 is 6.09 Å². The average molecular weight is 214 g/mol. The van der Waals surface area contributed by atoms with Gasteiger partial charge in [0.05, 0.1) is 25.1 Å². The van der Waals surface area contributed by atoms with Crippen molar-refractivity contribution in [2.75, 3.05) is 7.11 Å². The zero-order chi connectivity index (χ0) is 11.5. The van der Waals surface area contributed by atoms with Crippen molar-refractivity contribution in [3.05, 3.63) is 36.0 Å². The fraction of sp³-hybridized carbons (Fsp3) is 0.167. The number of para-hydroxylation sites is 1. The van der Waals surface area contributed by atoms with E-state index in [0.29, 0.717) is 0 Å². The van der Waals surface area contributed by atoms with Crippen LogP contribution < -0.4 is 0 Å². The summed E-state index contributed by atoms with van der Waals surface area (Å²) in [5.74, 6) is 0. The van der Waals surface area contributed by atoms with Crippen LogP contribution >= 0.6 is 0 Å². The summed E-state index contributed by atoms with van der Waals surface area (Å²) in [6.07, 6.45) is 1.49. The Morgan fingerprint density at radius 3 is 2.94 bits per heavy atom. The Balaban J connectivity index is 2.67. The Morgan fingerprint density at radius 2 is 2.25 bits per heavy atom. The third kappa shape index (κ3) is 1.52. The Morgan fingerprint density at radius 1 is 1.50 bits per heavy atom. The number of carbonyl (C=O) groups excluding carboxylic acids is 1. The van der Waals surface area contributed by atoms with Gasteiger partial charge in [0.25, 0.3) is 0 Å². The lowest BCUT2D eigenvalue weighted by Crippen LogP contribution is -2.09. The number of carbonyl (C=O) groups is 1. The molecular formula is C12H10N2O2. The topological polar surface area (TPSA) is 55.0 Å². The molecule has 0 N–H and O–H groups in total. The van der Waals surface area contributed by atoms with Crippen LogP contribution in [0.4, 0.5) is 4.79 Å². The fourth-order valence-electron chi connectivity index (χ4n) is 1.73. The lowest BCUT2D eigenvalue weighted by molar-refractivity contribution is 0.174. The van der Waals surface area contributed by atoms with Crippen LogP contribution in [0.1, 0.15) is 5.56 Å². The van der Waals surface area contributed by atoms with E-state index in [2.05, 4.69) is 10.8 Å². The first-order valence-electron chi connectivity index (χ1n) is 4.82. The van der Waals surface area contributed by atoms with Gasteiger partial charge in [-0.15, -0.1) is 0 Å². The van der Waals surface area contributed by atoms with Crippen molar-refractivity contribution in [1.29, 1.82) is 5.26 Å². The highest BCUT2D eigenvalue weighted by atomic mass is 16.5. The molecular weight excluding hydrogens is 204 g/mol. The van der Waals surface area contributed by atoms with Crippen LogP contribution in [0, 0.1) is 11.3 Å². The smallest absolute Gasteiger partial charge is 0.418 e. The van der Waals surface area contributed by atoms with Crippen LogP contribution in [0.5, 0.6) is 0 Å². The van der Waals surface area contributed by atoms with E-state index in [9.17, 15) is 4.79 Å². The molecule has 1 aromatic carbocycles. The first kappa shape index (κ1) is 10.2. The number of nitrogens with zero attached hydrogens (tertiary/aromatic N) is 2. The predicted molar refractivity (Wildman–Crippen MR) is 59.1 cm³/mol. The minimum absolute atomic E-state index is 0.282. The van der Waals surface area contributed by atoms with Gasteiger partial charge in [0.2, 0.25) is 0 Å². The number of methoxy groups -OCH3 is 1. The summed E-state index contributed by atoms with van der Waals surface area (Å²) >= 11 is 0. The second-order valence-corrected chi connectivity index (χ2v) is 3.35. The van der Waals surface area contributed by atoms with Gasteiger partial charge in [-0.25, -0.2) is 4.79 Å². The number of nitriles is 1. The fourth-order valence-corrected chi connectivity index (χ4v) is 1.73. The molecule has 0 aliphatic rings. The Hall–Kier alpha value is -2.28. The molecule has 0 fully saturated rings. The molecule has 1 aromatic heterocycles. The molecule has 80 valence electrons. The minimum atomic E-state index is -0.444. The normalized spacial score (nSPS) is 10.0. The number of ether oxygens (including phenoxy) is 1. The number of fused-ring (bicyclic) bond motifs is 1. The molecule has 0 aliphatic heterocycles. The molecule has 0 spiro atoms. The minimum Gasteiger partial charge on any atom is -0.452 e. The molecule has 0 saturated heterocycles. The number of aromatic nitrogens is 1. The van der Waals surface area contributed by atoms with Crippen molar-refractivity contribution in [3.8, 4) is 6.07 Å². The van der Waals surface area contributed by atoms with E-state index in [1.165, 1.54) is 11.7 Å². The average Bonchev–Trinajstić information content (AvgIpc) is 2.68. The quantitative estimate of drug-likeness (QED) is 0.732. The molecule has 4 heteroatoms. The van der Waals surface area contributed by atoms with Crippen LogP contribution in [-0.2, 0) is 11.2 Å². The molecule has 0 aliphatic carbocycles. The Labute approximate surface area is 92.7 Å². The van der Waals surface area contributed by atoms with Crippen LogP contribution in [0.15, 0.2) is 30.5 Å². The first-order valence-corrected chi connectivity index (χ1v) is 4.82. The van der Waals surface area contributed by atoms with Crippen molar-refractivity contribution >= 4 is 17.0 Å². The maximum Gasteiger partial charge on any atom is 0.418 e. The molecule has 0 atom stereocenters. The Kier molecular flexibility index (Phi) is 2.61. The maximum atomic E-state index is 11.5. The summed E-state index contributed by atoms with van der Waals surface area (Å²) in [7, 11) is 1.33. The predicted octanol–water partition coefficient (Wildman–Crippen LogP) is 2.32. The maximum absolute atomic E-state index is 11.5. The SMILES string of the molecule is COC(=O)n1cc(CC#N)c2ccccc21. The molecule has 2 aromatic rings. The van der Waals surface area contributed by atoms with Crippen LogP contribution in [0.3, 0.4) is 0 Å². The summed E-state index contributed by atoms with van der Waals surface area (Å²) in [6, 6.07) is 9.52. The zero-order valence-electron chi connectivity index (χ0n) is 8.80. The largest absolute Gasteiger partial charge is 0.452 e. The molecule has 0 unspecified atom stereocenters. The monoisotopic (exact) mass is 214 g/mol. The van der Waals surface area contributed by atoms with Gasteiger partial charge in [-0.05, 0) is 11.6 Å². The standard InChI is InChI=1S/C12H10N2O2/c1-16-12(15)14-8-9(6-7-13)10-4-2-3-5-11(10)14/h2-5,8H,6H2,1H3. The number of rotatable bonds is 1. The van der Waals surface area contributed by atoms with E-state index in [4.69, 9.17) is 5.26 Å². The Bertz CT molecular complexity index is 578. The summed E-state index contributed by atoms with van der Waals surface area (Å²) < 4.78 is 6.10. The van der Waals surface area contributed by atoms with Crippen molar-refractivity contribution in [1.82, 2.24) is 4.57 Å². The van der Waals surface area contributed by atoms with Crippen molar-refractivity contribution in [2.45, 2.75) is 6.42 Å². The van der Waals surface area contributed by atoms with Crippen molar-refractivity contribution < 1.29 is 9.53 Å². The van der Waals surface area contributed by atoms with Gasteiger partial charge < -0.3 is 4.74 Å². The highest BCUT2D eigenvalue weighted by molar-refractivity contribution is 5.92. The van der Waals surface area contributed by atoms with Gasteiger partial charge in [-0.3, -0.25) is 4.57 Å². The van der Waals surface area contributed by atoms with Gasteiger partial charge in [0.15, 0.2) is 0 Å². The van der Waals surface area contributed by atoms with E-state index < -0.39 is 6.09 Å². The number of hydrogen-bond donors (Lipinski definition) is 0. The van der Waals surface area contributed by atoms with Crippen molar-refractivity contribution in [2.24, 2.45) is 0 Å². The number of benzene rings is 1.